The van der Waals surface area contributed by atoms with Gasteiger partial charge in [-0.3, -0.25) is 4.79 Å². The molecule has 1 heterocycles. The largest absolute Gasteiger partial charge is 0.483 e. The lowest BCUT2D eigenvalue weighted by Gasteiger charge is -2.06. The van der Waals surface area contributed by atoms with Crippen LogP contribution >= 0.6 is 11.3 Å². The second-order valence-electron chi connectivity index (χ2n) is 3.78. The first-order valence-corrected chi connectivity index (χ1v) is 6.29. The van der Waals surface area contributed by atoms with E-state index in [9.17, 15) is 4.79 Å². The van der Waals surface area contributed by atoms with Crippen LogP contribution in [0.4, 0.5) is 0 Å². The molecule has 0 unspecified atom stereocenters. The Morgan fingerprint density at radius 1 is 1.39 bits per heavy atom. The van der Waals surface area contributed by atoms with E-state index in [0.29, 0.717) is 10.6 Å². The minimum atomic E-state index is -0.0656. The number of nitriles is 1. The fourth-order valence-corrected chi connectivity index (χ4v) is 2.37. The molecule has 18 heavy (non-hydrogen) atoms. The molecule has 0 bridgehead atoms. The normalized spacial score (nSPS) is 9.78. The second kappa shape index (κ2) is 5.48. The van der Waals surface area contributed by atoms with E-state index in [-0.39, 0.29) is 12.4 Å². The number of nitrogens with zero attached hydrogens (tertiary/aromatic N) is 1. The van der Waals surface area contributed by atoms with Crippen molar-refractivity contribution in [2.45, 2.75) is 6.92 Å². The quantitative estimate of drug-likeness (QED) is 0.844. The van der Waals surface area contributed by atoms with Crippen LogP contribution in [-0.2, 0) is 4.79 Å². The molecule has 2 aromatic rings. The van der Waals surface area contributed by atoms with Crippen LogP contribution < -0.4 is 4.74 Å². The summed E-state index contributed by atoms with van der Waals surface area (Å²) in [5.74, 6) is 0.438. The van der Waals surface area contributed by atoms with Gasteiger partial charge in [-0.2, -0.15) is 5.26 Å². The fourth-order valence-electron chi connectivity index (χ4n) is 1.56. The van der Waals surface area contributed by atoms with E-state index in [0.717, 1.165) is 11.1 Å². The van der Waals surface area contributed by atoms with Crippen molar-refractivity contribution in [3.63, 3.8) is 0 Å². The third-order valence-corrected chi connectivity index (χ3v) is 3.22. The number of hydrogen-bond acceptors (Lipinski definition) is 4. The molecular weight excluding hydrogens is 246 g/mol. The molecule has 0 radical (unpaired) electrons. The van der Waals surface area contributed by atoms with Gasteiger partial charge in [0, 0.05) is 10.9 Å². The number of carbonyl (C=O) groups is 1. The third kappa shape index (κ3) is 2.58. The highest BCUT2D eigenvalue weighted by molar-refractivity contribution is 7.11. The second-order valence-corrected chi connectivity index (χ2v) is 4.66. The molecule has 0 N–H and O–H groups in total. The maximum absolute atomic E-state index is 11.0. The minimum Gasteiger partial charge on any atom is -0.483 e. The minimum absolute atomic E-state index is 0.00868. The van der Waals surface area contributed by atoms with Gasteiger partial charge in [0.05, 0.1) is 0 Å². The van der Waals surface area contributed by atoms with E-state index < -0.39 is 0 Å². The summed E-state index contributed by atoms with van der Waals surface area (Å²) in [6, 6.07) is 11.8. The zero-order valence-corrected chi connectivity index (χ0v) is 10.7. The average Bonchev–Trinajstić information content (AvgIpc) is 2.80. The Labute approximate surface area is 109 Å². The van der Waals surface area contributed by atoms with Crippen molar-refractivity contribution >= 4 is 17.1 Å². The van der Waals surface area contributed by atoms with Crippen molar-refractivity contribution in [2.75, 3.05) is 6.61 Å². The first-order valence-electron chi connectivity index (χ1n) is 5.41. The number of Topliss-reactive ketones (excluding diaryl/α,β-unsaturated/α-hetero) is 1. The SMILES string of the molecule is CC(=O)COc1c(-c2ccccc2)csc1C#N. The van der Waals surface area contributed by atoms with Crippen molar-refractivity contribution in [3.05, 3.63) is 40.6 Å². The van der Waals surface area contributed by atoms with E-state index in [1.807, 2.05) is 35.7 Å². The lowest BCUT2D eigenvalue weighted by Crippen LogP contribution is -2.07. The Morgan fingerprint density at radius 2 is 2.11 bits per heavy atom. The number of benzene rings is 1. The number of hydrogen-bond donors (Lipinski definition) is 0. The molecular formula is C14H11NO2S. The lowest BCUT2D eigenvalue weighted by atomic mass is 10.1. The zero-order chi connectivity index (χ0) is 13.0. The molecule has 2 rings (SSSR count). The van der Waals surface area contributed by atoms with Crippen LogP contribution in [0.1, 0.15) is 11.8 Å². The van der Waals surface area contributed by atoms with Crippen LogP contribution in [0.3, 0.4) is 0 Å². The number of carbonyl (C=O) groups excluding carboxylic acids is 1. The topological polar surface area (TPSA) is 50.1 Å². The van der Waals surface area contributed by atoms with Gasteiger partial charge in [-0.15, -0.1) is 11.3 Å². The molecule has 0 fully saturated rings. The smallest absolute Gasteiger partial charge is 0.167 e. The molecule has 1 aromatic carbocycles. The molecule has 1 aromatic heterocycles. The molecule has 0 atom stereocenters. The van der Waals surface area contributed by atoms with Gasteiger partial charge in [-0.05, 0) is 12.5 Å². The molecule has 0 spiro atoms. The fraction of sp³-hybridized carbons (Fsp3) is 0.143. The summed E-state index contributed by atoms with van der Waals surface area (Å²) < 4.78 is 5.45. The highest BCUT2D eigenvalue weighted by Gasteiger charge is 2.15. The number of rotatable bonds is 4. The predicted octanol–water partition coefficient (Wildman–Crippen LogP) is 3.25. The Bertz CT molecular complexity index is 596. The van der Waals surface area contributed by atoms with Crippen LogP contribution in [0.15, 0.2) is 35.7 Å². The average molecular weight is 257 g/mol. The maximum Gasteiger partial charge on any atom is 0.167 e. The molecule has 0 aliphatic rings. The first-order chi connectivity index (χ1) is 8.72. The van der Waals surface area contributed by atoms with Crippen LogP contribution in [0.25, 0.3) is 11.1 Å². The van der Waals surface area contributed by atoms with Crippen molar-refractivity contribution < 1.29 is 9.53 Å². The molecule has 4 heteroatoms. The summed E-state index contributed by atoms with van der Waals surface area (Å²) in [6.07, 6.45) is 0. The van der Waals surface area contributed by atoms with Gasteiger partial charge in [0.15, 0.2) is 11.5 Å². The lowest BCUT2D eigenvalue weighted by molar-refractivity contribution is -0.118. The first kappa shape index (κ1) is 12.3. The van der Waals surface area contributed by atoms with Crippen LogP contribution in [0, 0.1) is 11.3 Å². The molecule has 0 saturated carbocycles. The Morgan fingerprint density at radius 3 is 2.72 bits per heavy atom. The van der Waals surface area contributed by atoms with Crippen molar-refractivity contribution in [3.8, 4) is 22.9 Å². The van der Waals surface area contributed by atoms with Crippen LogP contribution in [0.2, 0.25) is 0 Å². The van der Waals surface area contributed by atoms with Crippen molar-refractivity contribution in [1.82, 2.24) is 0 Å². The summed E-state index contributed by atoms with van der Waals surface area (Å²) in [7, 11) is 0. The number of ether oxygens (including phenoxy) is 1. The Hall–Kier alpha value is -2.12. The summed E-state index contributed by atoms with van der Waals surface area (Å²) in [5, 5.41) is 10.9. The molecule has 3 nitrogen and oxygen atoms in total. The molecule has 0 amide bonds. The van der Waals surface area contributed by atoms with E-state index in [1.165, 1.54) is 18.3 Å². The highest BCUT2D eigenvalue weighted by Crippen LogP contribution is 2.37. The summed E-state index contributed by atoms with van der Waals surface area (Å²) in [6.45, 7) is 1.45. The Kier molecular flexibility index (Phi) is 3.75. The zero-order valence-electron chi connectivity index (χ0n) is 9.84. The van der Waals surface area contributed by atoms with Gasteiger partial charge in [-0.25, -0.2) is 0 Å². The van der Waals surface area contributed by atoms with Gasteiger partial charge in [0.1, 0.15) is 17.6 Å². The third-order valence-electron chi connectivity index (χ3n) is 2.35. The van der Waals surface area contributed by atoms with E-state index in [1.54, 1.807) is 0 Å². The summed E-state index contributed by atoms with van der Waals surface area (Å²) in [5.41, 5.74) is 1.84. The van der Waals surface area contributed by atoms with Gasteiger partial charge in [0.2, 0.25) is 0 Å². The van der Waals surface area contributed by atoms with E-state index in [4.69, 9.17) is 10.00 Å². The highest BCUT2D eigenvalue weighted by atomic mass is 32.1. The van der Waals surface area contributed by atoms with Gasteiger partial charge in [0.25, 0.3) is 0 Å². The standard InChI is InChI=1S/C14H11NO2S/c1-10(16)8-17-14-12(9-18-13(14)7-15)11-5-3-2-4-6-11/h2-6,9H,8H2,1H3. The van der Waals surface area contributed by atoms with E-state index in [2.05, 4.69) is 6.07 Å². The Balaban J connectivity index is 2.40. The van der Waals surface area contributed by atoms with Gasteiger partial charge < -0.3 is 4.74 Å². The maximum atomic E-state index is 11.0. The predicted molar refractivity (Wildman–Crippen MR) is 70.6 cm³/mol. The van der Waals surface area contributed by atoms with Gasteiger partial charge >= 0.3 is 0 Å². The van der Waals surface area contributed by atoms with E-state index >= 15 is 0 Å². The monoisotopic (exact) mass is 257 g/mol. The number of thiophene rings is 1. The molecule has 90 valence electrons. The summed E-state index contributed by atoms with van der Waals surface area (Å²) in [4.78, 5) is 11.5. The number of ketones is 1. The van der Waals surface area contributed by atoms with Crippen molar-refractivity contribution in [1.29, 1.82) is 5.26 Å². The van der Waals surface area contributed by atoms with Crippen molar-refractivity contribution in [2.24, 2.45) is 0 Å². The van der Waals surface area contributed by atoms with Crippen LogP contribution in [-0.4, -0.2) is 12.4 Å². The molecule has 0 aliphatic heterocycles. The molecule has 0 saturated heterocycles. The van der Waals surface area contributed by atoms with Crippen LogP contribution in [0.5, 0.6) is 5.75 Å². The summed E-state index contributed by atoms with van der Waals surface area (Å²) >= 11 is 1.33. The van der Waals surface area contributed by atoms with Gasteiger partial charge in [-0.1, -0.05) is 30.3 Å². The molecule has 0 aliphatic carbocycles.